The second-order valence-corrected chi connectivity index (χ2v) is 7.79. The van der Waals surface area contributed by atoms with E-state index in [9.17, 15) is 13.6 Å². The smallest absolute Gasteiger partial charge is 0.387 e. The lowest BCUT2D eigenvalue weighted by molar-refractivity contribution is -0.127. The minimum Gasteiger partial charge on any atom is -0.435 e. The number of hydrogen-bond donors (Lipinski definition) is 0. The van der Waals surface area contributed by atoms with Crippen molar-refractivity contribution in [3.05, 3.63) is 47.3 Å². The third kappa shape index (κ3) is 5.08. The fourth-order valence-electron chi connectivity index (χ4n) is 2.44. The van der Waals surface area contributed by atoms with E-state index in [-0.39, 0.29) is 17.4 Å². The summed E-state index contributed by atoms with van der Waals surface area (Å²) in [6.45, 7) is -2.48. The highest BCUT2D eigenvalue weighted by molar-refractivity contribution is 7.99. The van der Waals surface area contributed by atoms with Crippen LogP contribution in [0.2, 0.25) is 0 Å². The summed E-state index contributed by atoms with van der Waals surface area (Å²) < 4.78 is 30.6. The number of carbonyl (C=O) groups excluding carboxylic acids is 1. The standard InChI is InChI=1S/C18H18F2N4O2S2/c1-23(10-12-5-7-13(8-6-12)26-17(19)20)15(25)11-28-18-22-21-16(24(18)2)14-4-3-9-27-14/h3-9,17H,10-11H2,1-2H3. The van der Waals surface area contributed by atoms with Crippen LogP contribution in [0.3, 0.4) is 0 Å². The van der Waals surface area contributed by atoms with Gasteiger partial charge in [-0.15, -0.1) is 21.5 Å². The van der Waals surface area contributed by atoms with Gasteiger partial charge in [-0.05, 0) is 29.1 Å². The maximum Gasteiger partial charge on any atom is 0.387 e. The van der Waals surface area contributed by atoms with Crippen molar-refractivity contribution >= 4 is 29.0 Å². The van der Waals surface area contributed by atoms with Crippen molar-refractivity contribution in [1.29, 1.82) is 0 Å². The molecule has 0 saturated carbocycles. The van der Waals surface area contributed by atoms with E-state index in [0.717, 1.165) is 16.3 Å². The average Bonchev–Trinajstić information content (AvgIpc) is 3.30. The summed E-state index contributed by atoms with van der Waals surface area (Å²) in [5, 5.41) is 11.0. The first-order valence-electron chi connectivity index (χ1n) is 8.28. The minimum absolute atomic E-state index is 0.0708. The number of carbonyl (C=O) groups is 1. The summed E-state index contributed by atoms with van der Waals surface area (Å²) in [6.07, 6.45) is 0. The van der Waals surface area contributed by atoms with Gasteiger partial charge in [0, 0.05) is 20.6 Å². The van der Waals surface area contributed by atoms with Crippen LogP contribution in [-0.4, -0.2) is 45.0 Å². The van der Waals surface area contributed by atoms with E-state index < -0.39 is 6.61 Å². The Balaban J connectivity index is 1.53. The molecule has 0 aliphatic heterocycles. The molecule has 6 nitrogen and oxygen atoms in total. The fraction of sp³-hybridized carbons (Fsp3) is 0.278. The summed E-state index contributed by atoms with van der Waals surface area (Å²) in [6, 6.07) is 10.2. The van der Waals surface area contributed by atoms with E-state index in [2.05, 4.69) is 14.9 Å². The Hall–Kier alpha value is -2.46. The Morgan fingerprint density at radius 2 is 2.04 bits per heavy atom. The number of thiophene rings is 1. The molecular weight excluding hydrogens is 406 g/mol. The number of aromatic nitrogens is 3. The van der Waals surface area contributed by atoms with Crippen LogP contribution in [0.1, 0.15) is 5.56 Å². The third-order valence-electron chi connectivity index (χ3n) is 3.90. The number of benzene rings is 1. The molecule has 1 aromatic carbocycles. The van der Waals surface area contributed by atoms with Gasteiger partial charge in [0.05, 0.1) is 10.6 Å². The van der Waals surface area contributed by atoms with Crippen molar-refractivity contribution in [2.24, 2.45) is 7.05 Å². The number of ether oxygens (including phenoxy) is 1. The monoisotopic (exact) mass is 424 g/mol. The lowest BCUT2D eigenvalue weighted by Crippen LogP contribution is -2.27. The average molecular weight is 424 g/mol. The van der Waals surface area contributed by atoms with E-state index >= 15 is 0 Å². The highest BCUT2D eigenvalue weighted by Crippen LogP contribution is 2.26. The molecular formula is C18H18F2N4O2S2. The number of alkyl halides is 2. The molecule has 0 aliphatic carbocycles. The molecule has 0 spiro atoms. The fourth-order valence-corrected chi connectivity index (χ4v) is 4.03. The largest absolute Gasteiger partial charge is 0.435 e. The number of rotatable bonds is 8. The number of amides is 1. The summed E-state index contributed by atoms with van der Waals surface area (Å²) in [5.41, 5.74) is 0.820. The van der Waals surface area contributed by atoms with Crippen LogP contribution in [0.15, 0.2) is 46.9 Å². The highest BCUT2D eigenvalue weighted by atomic mass is 32.2. The van der Waals surface area contributed by atoms with Gasteiger partial charge in [0.15, 0.2) is 11.0 Å². The lowest BCUT2D eigenvalue weighted by atomic mass is 10.2. The molecule has 148 valence electrons. The number of nitrogens with zero attached hydrogens (tertiary/aromatic N) is 4. The van der Waals surface area contributed by atoms with Gasteiger partial charge in [-0.1, -0.05) is 30.0 Å². The first-order chi connectivity index (χ1) is 13.4. The van der Waals surface area contributed by atoms with Gasteiger partial charge in [-0.25, -0.2) is 0 Å². The van der Waals surface area contributed by atoms with Gasteiger partial charge in [-0.2, -0.15) is 8.78 Å². The molecule has 10 heteroatoms. The Morgan fingerprint density at radius 3 is 2.68 bits per heavy atom. The Morgan fingerprint density at radius 1 is 1.29 bits per heavy atom. The SMILES string of the molecule is CN(Cc1ccc(OC(F)F)cc1)C(=O)CSc1nnc(-c2cccs2)n1C. The molecule has 0 bridgehead atoms. The van der Waals surface area contributed by atoms with E-state index in [4.69, 9.17) is 0 Å². The summed E-state index contributed by atoms with van der Waals surface area (Å²) in [7, 11) is 3.56. The Bertz CT molecular complexity index is 914. The van der Waals surface area contributed by atoms with Gasteiger partial charge >= 0.3 is 6.61 Å². The van der Waals surface area contributed by atoms with Crippen molar-refractivity contribution in [3.63, 3.8) is 0 Å². The molecule has 0 aliphatic rings. The molecule has 2 aromatic heterocycles. The molecule has 0 N–H and O–H groups in total. The van der Waals surface area contributed by atoms with Crippen molar-refractivity contribution < 1.29 is 18.3 Å². The highest BCUT2D eigenvalue weighted by Gasteiger charge is 2.15. The maximum atomic E-state index is 12.4. The molecule has 3 aromatic rings. The molecule has 0 fully saturated rings. The summed E-state index contributed by atoms with van der Waals surface area (Å²) in [5.74, 6) is 1.01. The van der Waals surface area contributed by atoms with Crippen molar-refractivity contribution in [1.82, 2.24) is 19.7 Å². The molecule has 28 heavy (non-hydrogen) atoms. The van der Waals surface area contributed by atoms with E-state index in [1.165, 1.54) is 23.9 Å². The quantitative estimate of drug-likeness (QED) is 0.514. The van der Waals surface area contributed by atoms with Crippen LogP contribution in [0, 0.1) is 0 Å². The zero-order valence-corrected chi connectivity index (χ0v) is 16.8. The zero-order valence-electron chi connectivity index (χ0n) is 15.2. The van der Waals surface area contributed by atoms with Gasteiger partial charge in [0.1, 0.15) is 5.75 Å². The van der Waals surface area contributed by atoms with Crippen LogP contribution in [-0.2, 0) is 18.4 Å². The molecule has 2 heterocycles. The van der Waals surface area contributed by atoms with Crippen LogP contribution >= 0.6 is 23.1 Å². The van der Waals surface area contributed by atoms with Crippen molar-refractivity contribution in [2.75, 3.05) is 12.8 Å². The first-order valence-corrected chi connectivity index (χ1v) is 10.1. The molecule has 0 unspecified atom stereocenters. The van der Waals surface area contributed by atoms with E-state index in [0.29, 0.717) is 11.7 Å². The van der Waals surface area contributed by atoms with E-state index in [1.54, 1.807) is 35.4 Å². The summed E-state index contributed by atoms with van der Waals surface area (Å²) in [4.78, 5) is 15.0. The molecule has 0 atom stereocenters. The van der Waals surface area contributed by atoms with Crippen molar-refractivity contribution in [3.8, 4) is 16.5 Å². The molecule has 0 radical (unpaired) electrons. The van der Waals surface area contributed by atoms with Gasteiger partial charge in [0.2, 0.25) is 5.91 Å². The number of thioether (sulfide) groups is 1. The predicted octanol–water partition coefficient (Wildman–Crippen LogP) is 3.90. The van der Waals surface area contributed by atoms with Crippen molar-refractivity contribution in [2.45, 2.75) is 18.3 Å². The van der Waals surface area contributed by atoms with Gasteiger partial charge in [0.25, 0.3) is 0 Å². The maximum absolute atomic E-state index is 12.4. The van der Waals surface area contributed by atoms with E-state index in [1.807, 2.05) is 29.1 Å². The Labute approximate surface area is 169 Å². The Kier molecular flexibility index (Phi) is 6.63. The normalized spacial score (nSPS) is 11.0. The third-order valence-corrected chi connectivity index (χ3v) is 5.77. The van der Waals surface area contributed by atoms with Crippen LogP contribution in [0.4, 0.5) is 8.78 Å². The van der Waals surface area contributed by atoms with Gasteiger partial charge in [-0.3, -0.25) is 4.79 Å². The number of halogens is 2. The first kappa shape index (κ1) is 20.3. The lowest BCUT2D eigenvalue weighted by Gasteiger charge is -2.17. The topological polar surface area (TPSA) is 60.2 Å². The van der Waals surface area contributed by atoms with Gasteiger partial charge < -0.3 is 14.2 Å². The zero-order chi connectivity index (χ0) is 20.1. The molecule has 3 rings (SSSR count). The molecule has 1 amide bonds. The number of hydrogen-bond acceptors (Lipinski definition) is 6. The van der Waals surface area contributed by atoms with Crippen LogP contribution < -0.4 is 4.74 Å². The van der Waals surface area contributed by atoms with Crippen LogP contribution in [0.5, 0.6) is 5.75 Å². The second-order valence-electron chi connectivity index (χ2n) is 5.90. The minimum atomic E-state index is -2.85. The summed E-state index contributed by atoms with van der Waals surface area (Å²) >= 11 is 2.90. The molecule has 0 saturated heterocycles. The second kappa shape index (κ2) is 9.16. The van der Waals surface area contributed by atoms with Crippen LogP contribution in [0.25, 0.3) is 10.7 Å². The predicted molar refractivity (Wildman–Crippen MR) is 105 cm³/mol.